The number of nitrogens with zero attached hydrogens (tertiary/aromatic N) is 13. The van der Waals surface area contributed by atoms with E-state index in [2.05, 4.69) is 175 Å². The summed E-state index contributed by atoms with van der Waals surface area (Å²) in [7, 11) is 2.83. The number of halogens is 3. The zero-order valence-corrected chi connectivity index (χ0v) is 53.3. The molecule has 447 valence electrons. The molecule has 0 spiro atoms. The fraction of sp³-hybridized carbons (Fsp3) is 0.103. The zero-order chi connectivity index (χ0) is 63.1. The topological polar surface area (TPSA) is 324 Å². The van der Waals surface area contributed by atoms with Gasteiger partial charge in [-0.25, -0.2) is 29.7 Å². The van der Waals surface area contributed by atoms with Crippen LogP contribution < -0.4 is 29.1 Å². The predicted molar refractivity (Wildman–Crippen MR) is 338 cm³/mol. The van der Waals surface area contributed by atoms with Crippen LogP contribution in [-0.2, 0) is 41.6 Å². The number of aromatic nitrogens is 12. The Morgan fingerprint density at radius 1 is 0.596 bits per heavy atom. The van der Waals surface area contributed by atoms with Crippen molar-refractivity contribution in [2.45, 2.75) is 33.6 Å². The van der Waals surface area contributed by atoms with E-state index in [4.69, 9.17) is 38.7 Å². The summed E-state index contributed by atoms with van der Waals surface area (Å²) in [6.45, 7) is 6.77. The van der Waals surface area contributed by atoms with E-state index in [0.29, 0.717) is 29.9 Å². The Labute approximate surface area is 552 Å². The van der Waals surface area contributed by atoms with Gasteiger partial charge in [-0.1, -0.05) is 74.5 Å². The third-order valence-electron chi connectivity index (χ3n) is 11.6. The van der Waals surface area contributed by atoms with Crippen LogP contribution >= 0.6 is 60.6 Å². The number of hydrogen-bond donors (Lipinski definition) is 3. The van der Waals surface area contributed by atoms with Crippen LogP contribution in [0.5, 0.6) is 5.75 Å². The average Bonchev–Trinajstić information content (AvgIpc) is 2.61. The van der Waals surface area contributed by atoms with Gasteiger partial charge in [0, 0.05) is 66.3 Å². The molecule has 0 unspecified atom stereocenters. The fourth-order valence-corrected chi connectivity index (χ4v) is 8.48. The van der Waals surface area contributed by atoms with Gasteiger partial charge >= 0.3 is 69.0 Å². The molecule has 0 aliphatic heterocycles. The summed E-state index contributed by atoms with van der Waals surface area (Å²) in [6, 6.07) is 30.1. The second-order valence-corrected chi connectivity index (χ2v) is 19.5. The van der Waals surface area contributed by atoms with E-state index in [1.807, 2.05) is 66.9 Å². The van der Waals surface area contributed by atoms with E-state index in [1.54, 1.807) is 68.6 Å². The molecule has 0 amide bonds. The van der Waals surface area contributed by atoms with Gasteiger partial charge in [0.25, 0.3) is 6.47 Å². The maximum atomic E-state index is 11.2. The smallest absolute Gasteiger partial charge is 0.870 e. The van der Waals surface area contributed by atoms with Crippen molar-refractivity contribution in [3.63, 3.8) is 0 Å². The quantitative estimate of drug-likeness (QED) is 0.0589. The fourth-order valence-electron chi connectivity index (χ4n) is 7.38. The molecule has 0 fully saturated rings. The minimum Gasteiger partial charge on any atom is -0.870 e. The first-order valence-corrected chi connectivity index (χ1v) is 28.2. The summed E-state index contributed by atoms with van der Waals surface area (Å²) in [6.07, 6.45) is 28.2. The van der Waals surface area contributed by atoms with E-state index >= 15 is 0 Å². The Balaban J connectivity index is 0.000000282. The number of carbonyl (C=O) groups is 2. The van der Waals surface area contributed by atoms with Crippen LogP contribution in [0.2, 0.25) is 0 Å². The van der Waals surface area contributed by atoms with Crippen LogP contribution in [0.4, 0.5) is 0 Å². The number of fused-ring (bicyclic) bond motifs is 4. The molecule has 8 heterocycles. The maximum absolute atomic E-state index is 11.2. The largest absolute Gasteiger partial charge is 1.00 e. The van der Waals surface area contributed by atoms with Crippen molar-refractivity contribution in [2.75, 3.05) is 6.61 Å². The molecule has 1 radical (unpaired) electrons. The molecule has 0 aliphatic rings. The second kappa shape index (κ2) is 39.9. The second-order valence-electron chi connectivity index (χ2n) is 16.9. The Morgan fingerprint density at radius 2 is 0.989 bits per heavy atom. The normalized spacial score (nSPS) is 9.57. The summed E-state index contributed by atoms with van der Waals surface area (Å²) in [5.74, 6) is 0.0927. The van der Waals surface area contributed by atoms with Crippen LogP contribution in [0.15, 0.2) is 202 Å². The Bertz CT molecular complexity index is 4180. The van der Waals surface area contributed by atoms with Crippen LogP contribution in [0.25, 0.3) is 56.4 Å². The van der Waals surface area contributed by atoms with Gasteiger partial charge in [0.2, 0.25) is 0 Å². The molecule has 8 aromatic heterocycles. The first kappa shape index (κ1) is 74.5. The number of imidazole rings is 4. The molecular formula is C58H50B2Br3LiN13O11S. The Hall–Kier alpha value is -8.74. The van der Waals surface area contributed by atoms with Gasteiger partial charge in [0.1, 0.15) is 19.6 Å². The molecule has 3 N–H and O–H groups in total. The summed E-state index contributed by atoms with van der Waals surface area (Å²) in [5, 5.41) is 17.6. The summed E-state index contributed by atoms with van der Waals surface area (Å²) in [4.78, 5) is 87.8. The third-order valence-corrected chi connectivity index (χ3v) is 13.2. The molecule has 0 saturated carbocycles. The number of hydrogen-bond acceptors (Lipinski definition) is 21. The van der Waals surface area contributed by atoms with Gasteiger partial charge in [-0.2, -0.15) is 19.2 Å². The van der Waals surface area contributed by atoms with Crippen LogP contribution in [0, 0.1) is 0 Å². The number of aryl methyl sites for hydroxylation is 2. The summed E-state index contributed by atoms with van der Waals surface area (Å²) in [5.41, 5.74) is 12.7. The monoisotopic (exact) mass is 1400 g/mol. The standard InChI is InChI=1S/C14H12BrN3.C14H13N3.C13H8BrN3O2.C9H11BO4.C6H4BrN3.2CO2.BHNS.Li.H2O/c1-2-10-3-5-11(6-4-10)12-9-18-13(15)7-17-14(18)8-16-12;1-2-11-3-5-12(6-4-11)13-10-17-8-7-15-14(17)9-16-13;14-12-5-16-13-6-15-11(7-17(12)13)9-1-3-10(4-2-9)19-8-18;1-2-14-9(11)7-3-5-8(6-4-7)10(12)13;7-5-4-10-2-1-8-6(10)3-9-5;2*2-1-3;1-2-3;;/h3-9H,2H2,1H3;3-10H,2H2,1H3;1-8H;3-6,12-13H,2H2,1H3;1-4H;;;3H;;1H2/q;;;;;;;;+1;/p-1. The molecule has 0 aliphatic carbocycles. The van der Waals surface area contributed by atoms with Gasteiger partial charge in [0.05, 0.1) is 66.4 Å². The summed E-state index contributed by atoms with van der Waals surface area (Å²) < 4.78 is 22.6. The molecule has 89 heavy (non-hydrogen) atoms. The maximum Gasteiger partial charge on any atom is 1.00 e. The first-order chi connectivity index (χ1) is 42.2. The SMILES string of the molecule is Brc1cn2ccnc2cn1.CCOC(=O)c1ccc(B(O)O)cc1.CCc1ccc(-c2cn3c(Br)cnc3cn2)cc1.CCc1ccc(-c2cn3ccnc3cn2)cc1.O=C=O.O=C=O.O=COc1ccc(-c2cn3c(Br)cnc3cn2)cc1.[B]=NS.[Li+].[OH-]. The van der Waals surface area contributed by atoms with Crippen molar-refractivity contribution < 1.29 is 72.6 Å². The number of benzene rings is 4. The van der Waals surface area contributed by atoms with Crippen molar-refractivity contribution >= 4 is 128 Å². The van der Waals surface area contributed by atoms with Crippen LogP contribution in [-0.4, -0.2) is 119 Å². The number of carbonyl (C=O) groups excluding carboxylic acids is 6. The van der Waals surface area contributed by atoms with Crippen LogP contribution in [0.3, 0.4) is 0 Å². The van der Waals surface area contributed by atoms with Gasteiger partial charge in [0.15, 0.2) is 22.6 Å². The van der Waals surface area contributed by atoms with E-state index in [1.165, 1.54) is 35.4 Å². The van der Waals surface area contributed by atoms with E-state index in [0.717, 1.165) is 83.0 Å². The Kier molecular flexibility index (Phi) is 33.4. The predicted octanol–water partition coefficient (Wildman–Crippen LogP) is 6.25. The van der Waals surface area contributed by atoms with Crippen molar-refractivity contribution in [2.24, 2.45) is 4.30 Å². The van der Waals surface area contributed by atoms with Gasteiger partial charge < -0.3 is 33.8 Å². The molecule has 4 aromatic carbocycles. The van der Waals surface area contributed by atoms with Gasteiger partial charge in [-0.3, -0.25) is 28.5 Å². The van der Waals surface area contributed by atoms with E-state index < -0.39 is 13.1 Å². The Morgan fingerprint density at radius 3 is 1.39 bits per heavy atom. The molecule has 0 atom stereocenters. The van der Waals surface area contributed by atoms with Crippen molar-refractivity contribution in [1.82, 2.24) is 57.5 Å². The molecule has 12 rings (SSSR count). The summed E-state index contributed by atoms with van der Waals surface area (Å²) >= 11 is 13.3. The van der Waals surface area contributed by atoms with E-state index in [-0.39, 0.29) is 36.6 Å². The minimum atomic E-state index is -1.51. The molecule has 12 aromatic rings. The number of thiol groups is 1. The van der Waals surface area contributed by atoms with Crippen LogP contribution in [0.1, 0.15) is 42.3 Å². The third kappa shape index (κ3) is 23.1. The zero-order valence-electron chi connectivity index (χ0n) is 47.7. The molecular weight excluding hydrogens is 1360 g/mol. The van der Waals surface area contributed by atoms with Crippen molar-refractivity contribution in [3.8, 4) is 39.5 Å². The first-order valence-electron chi connectivity index (χ1n) is 25.4. The number of ether oxygens (including phenoxy) is 2. The number of esters is 1. The van der Waals surface area contributed by atoms with Gasteiger partial charge in [-0.15, -0.1) is 0 Å². The van der Waals surface area contributed by atoms with Crippen molar-refractivity contribution in [3.05, 3.63) is 214 Å². The minimum absolute atomic E-state index is 0. The molecule has 31 heteroatoms. The molecule has 24 nitrogen and oxygen atoms in total. The van der Waals surface area contributed by atoms with Gasteiger partial charge in [-0.05, 0) is 121 Å². The van der Waals surface area contributed by atoms with Crippen molar-refractivity contribution in [1.29, 1.82) is 0 Å². The molecule has 0 bridgehead atoms. The van der Waals surface area contributed by atoms with E-state index in [9.17, 15) is 9.59 Å². The molecule has 0 saturated heterocycles. The average molecular weight is 1410 g/mol. The number of rotatable bonds is 10.